The molecule has 0 saturated carbocycles. The van der Waals surface area contributed by atoms with Gasteiger partial charge in [-0.3, -0.25) is 4.90 Å². The van der Waals surface area contributed by atoms with Crippen molar-refractivity contribution < 1.29 is 14.3 Å². The van der Waals surface area contributed by atoms with Gasteiger partial charge >= 0.3 is 6.09 Å². The molecule has 1 atom stereocenters. The van der Waals surface area contributed by atoms with Crippen LogP contribution in [0.2, 0.25) is 0 Å². The van der Waals surface area contributed by atoms with Gasteiger partial charge in [-0.05, 0) is 35.2 Å². The van der Waals surface area contributed by atoms with E-state index < -0.39 is 0 Å². The fraction of sp³-hybridized carbons (Fsp3) is 0.368. The van der Waals surface area contributed by atoms with Gasteiger partial charge in [0, 0.05) is 6.20 Å². The van der Waals surface area contributed by atoms with Crippen molar-refractivity contribution in [1.29, 1.82) is 0 Å². The van der Waals surface area contributed by atoms with Crippen molar-refractivity contribution in [3.63, 3.8) is 0 Å². The van der Waals surface area contributed by atoms with Crippen LogP contribution < -0.4 is 9.64 Å². The first-order valence-electron chi connectivity index (χ1n) is 8.06. The minimum absolute atomic E-state index is 0.114. The van der Waals surface area contributed by atoms with E-state index in [0.717, 1.165) is 5.75 Å². The van der Waals surface area contributed by atoms with Gasteiger partial charge in [0.05, 0.1) is 6.54 Å². The SMILES string of the molecule is CC(C)(C)c1ccc(OCC2CN(c3ccccn3)C(=O)O2)cc1. The lowest BCUT2D eigenvalue weighted by molar-refractivity contribution is 0.105. The maximum Gasteiger partial charge on any atom is 0.416 e. The second-order valence-corrected chi connectivity index (χ2v) is 6.89. The first-order valence-corrected chi connectivity index (χ1v) is 8.06. The van der Waals surface area contributed by atoms with Crippen LogP contribution in [0.25, 0.3) is 0 Å². The summed E-state index contributed by atoms with van der Waals surface area (Å²) in [7, 11) is 0. The number of carbonyl (C=O) groups excluding carboxylic acids is 1. The maximum absolute atomic E-state index is 12.0. The highest BCUT2D eigenvalue weighted by atomic mass is 16.6. The number of pyridine rings is 1. The van der Waals surface area contributed by atoms with Crippen molar-refractivity contribution >= 4 is 11.9 Å². The molecule has 2 heterocycles. The lowest BCUT2D eigenvalue weighted by Gasteiger charge is -2.19. The molecule has 1 amide bonds. The molecule has 1 aliphatic rings. The van der Waals surface area contributed by atoms with E-state index in [1.165, 1.54) is 10.5 Å². The van der Waals surface area contributed by atoms with E-state index in [9.17, 15) is 4.79 Å². The lowest BCUT2D eigenvalue weighted by Crippen LogP contribution is -2.27. The summed E-state index contributed by atoms with van der Waals surface area (Å²) in [6, 6.07) is 13.5. The summed E-state index contributed by atoms with van der Waals surface area (Å²) >= 11 is 0. The van der Waals surface area contributed by atoms with Crippen LogP contribution in [-0.2, 0) is 10.2 Å². The Labute approximate surface area is 142 Å². The molecule has 1 fully saturated rings. The molecule has 0 spiro atoms. The molecule has 126 valence electrons. The zero-order chi connectivity index (χ0) is 17.2. The van der Waals surface area contributed by atoms with E-state index in [1.54, 1.807) is 12.3 Å². The number of nitrogens with zero attached hydrogens (tertiary/aromatic N) is 2. The standard InChI is InChI=1S/C19H22N2O3/c1-19(2,3)14-7-9-15(10-8-14)23-13-16-12-21(18(22)24-16)17-6-4-5-11-20-17/h4-11,16H,12-13H2,1-3H3. The lowest BCUT2D eigenvalue weighted by atomic mass is 9.87. The molecule has 1 unspecified atom stereocenters. The Morgan fingerprint density at radius 3 is 2.58 bits per heavy atom. The molecule has 5 heteroatoms. The van der Waals surface area contributed by atoms with Crippen molar-refractivity contribution in [2.75, 3.05) is 18.1 Å². The topological polar surface area (TPSA) is 51.7 Å². The van der Waals surface area contributed by atoms with E-state index in [0.29, 0.717) is 19.0 Å². The summed E-state index contributed by atoms with van der Waals surface area (Å²) in [6.07, 6.45) is 0.968. The fourth-order valence-electron chi connectivity index (χ4n) is 2.55. The number of ether oxygens (including phenoxy) is 2. The first-order chi connectivity index (χ1) is 11.4. The number of benzene rings is 1. The minimum atomic E-state index is -0.384. The normalized spacial score (nSPS) is 17.7. The first kappa shape index (κ1) is 16.3. The second-order valence-electron chi connectivity index (χ2n) is 6.89. The second kappa shape index (κ2) is 6.51. The quantitative estimate of drug-likeness (QED) is 0.858. The number of cyclic esters (lactones) is 1. The van der Waals surface area contributed by atoms with Crippen LogP contribution in [-0.4, -0.2) is 30.3 Å². The summed E-state index contributed by atoms with van der Waals surface area (Å²) in [5, 5.41) is 0. The number of hydrogen-bond donors (Lipinski definition) is 0. The monoisotopic (exact) mass is 326 g/mol. The van der Waals surface area contributed by atoms with Gasteiger partial charge in [0.15, 0.2) is 6.10 Å². The molecule has 2 aromatic rings. The number of rotatable bonds is 4. The van der Waals surface area contributed by atoms with E-state index in [2.05, 4.69) is 37.9 Å². The van der Waals surface area contributed by atoms with E-state index in [1.807, 2.05) is 24.3 Å². The van der Waals surface area contributed by atoms with Crippen LogP contribution in [0.3, 0.4) is 0 Å². The molecule has 0 radical (unpaired) electrons. The largest absolute Gasteiger partial charge is 0.490 e. The Bertz CT molecular complexity index is 693. The van der Waals surface area contributed by atoms with E-state index in [4.69, 9.17) is 9.47 Å². The molecule has 1 saturated heterocycles. The van der Waals surface area contributed by atoms with Crippen LogP contribution in [0.4, 0.5) is 10.6 Å². The Balaban J connectivity index is 1.57. The molecule has 24 heavy (non-hydrogen) atoms. The Hall–Kier alpha value is -2.56. The molecule has 1 aromatic carbocycles. The molecular formula is C19H22N2O3. The Kier molecular flexibility index (Phi) is 4.42. The van der Waals surface area contributed by atoms with Crippen LogP contribution in [0.5, 0.6) is 5.75 Å². The molecule has 3 rings (SSSR count). The number of amides is 1. The summed E-state index contributed by atoms with van der Waals surface area (Å²) in [6.45, 7) is 7.28. The van der Waals surface area contributed by atoms with Gasteiger partial charge < -0.3 is 9.47 Å². The summed E-state index contributed by atoms with van der Waals surface area (Å²) in [5.74, 6) is 1.37. The molecule has 0 aliphatic carbocycles. The minimum Gasteiger partial charge on any atom is -0.490 e. The third-order valence-electron chi connectivity index (χ3n) is 3.96. The smallest absolute Gasteiger partial charge is 0.416 e. The predicted molar refractivity (Wildman–Crippen MR) is 92.5 cm³/mol. The van der Waals surface area contributed by atoms with Crippen molar-refractivity contribution in [3.05, 3.63) is 54.2 Å². The van der Waals surface area contributed by atoms with Crippen molar-refractivity contribution in [3.8, 4) is 5.75 Å². The number of carbonyl (C=O) groups is 1. The van der Waals surface area contributed by atoms with Crippen molar-refractivity contribution in [2.45, 2.75) is 32.3 Å². The number of hydrogen-bond acceptors (Lipinski definition) is 4. The third-order valence-corrected chi connectivity index (χ3v) is 3.96. The summed E-state index contributed by atoms with van der Waals surface area (Å²) in [5.41, 5.74) is 1.37. The highest BCUT2D eigenvalue weighted by Gasteiger charge is 2.33. The average Bonchev–Trinajstić information content (AvgIpc) is 2.94. The molecule has 0 bridgehead atoms. The average molecular weight is 326 g/mol. The maximum atomic E-state index is 12.0. The summed E-state index contributed by atoms with van der Waals surface area (Å²) < 4.78 is 11.1. The van der Waals surface area contributed by atoms with Crippen LogP contribution >= 0.6 is 0 Å². The predicted octanol–water partition coefficient (Wildman–Crippen LogP) is 3.78. The molecule has 1 aromatic heterocycles. The van der Waals surface area contributed by atoms with E-state index in [-0.39, 0.29) is 17.6 Å². The van der Waals surface area contributed by atoms with Crippen LogP contribution in [0.1, 0.15) is 26.3 Å². The number of aromatic nitrogens is 1. The third kappa shape index (κ3) is 3.67. The van der Waals surface area contributed by atoms with Gasteiger partial charge in [-0.15, -0.1) is 0 Å². The highest BCUT2D eigenvalue weighted by Crippen LogP contribution is 2.25. The van der Waals surface area contributed by atoms with Gasteiger partial charge in [-0.1, -0.05) is 39.0 Å². The molecule has 1 aliphatic heterocycles. The molecule has 5 nitrogen and oxygen atoms in total. The van der Waals surface area contributed by atoms with Gasteiger partial charge in [-0.2, -0.15) is 0 Å². The van der Waals surface area contributed by atoms with Gasteiger partial charge in [-0.25, -0.2) is 9.78 Å². The van der Waals surface area contributed by atoms with Gasteiger partial charge in [0.2, 0.25) is 0 Å². The highest BCUT2D eigenvalue weighted by molar-refractivity contribution is 5.88. The fourth-order valence-corrected chi connectivity index (χ4v) is 2.55. The Morgan fingerprint density at radius 2 is 1.96 bits per heavy atom. The van der Waals surface area contributed by atoms with Crippen molar-refractivity contribution in [1.82, 2.24) is 4.98 Å². The number of anilines is 1. The molecule has 0 N–H and O–H groups in total. The molecular weight excluding hydrogens is 304 g/mol. The van der Waals surface area contributed by atoms with Gasteiger partial charge in [0.25, 0.3) is 0 Å². The van der Waals surface area contributed by atoms with E-state index >= 15 is 0 Å². The summed E-state index contributed by atoms with van der Waals surface area (Å²) in [4.78, 5) is 17.7. The van der Waals surface area contributed by atoms with Gasteiger partial charge in [0.1, 0.15) is 18.2 Å². The Morgan fingerprint density at radius 1 is 1.21 bits per heavy atom. The zero-order valence-corrected chi connectivity index (χ0v) is 14.2. The van der Waals surface area contributed by atoms with Crippen molar-refractivity contribution in [2.24, 2.45) is 0 Å². The van der Waals surface area contributed by atoms with Crippen LogP contribution in [0, 0.1) is 0 Å². The zero-order valence-electron chi connectivity index (χ0n) is 14.2. The van der Waals surface area contributed by atoms with Crippen LogP contribution in [0.15, 0.2) is 48.7 Å².